The fourth-order valence-corrected chi connectivity index (χ4v) is 2.21. The first-order valence-corrected chi connectivity index (χ1v) is 8.45. The van der Waals surface area contributed by atoms with Crippen LogP contribution in [0.5, 0.6) is 5.75 Å². The summed E-state index contributed by atoms with van der Waals surface area (Å²) in [7, 11) is 0. The van der Waals surface area contributed by atoms with Crippen molar-refractivity contribution in [2.75, 3.05) is 11.9 Å². The zero-order valence-corrected chi connectivity index (χ0v) is 15.2. The van der Waals surface area contributed by atoms with Crippen molar-refractivity contribution >= 4 is 33.7 Å². The first-order chi connectivity index (χ1) is 11.6. The van der Waals surface area contributed by atoms with Gasteiger partial charge in [0.05, 0.1) is 12.8 Å². The summed E-state index contributed by atoms with van der Waals surface area (Å²) in [5.74, 6) is 0.594. The number of anilines is 1. The SMILES string of the molecule is CCOc1ccc(N[C@H](C)C(=O)N/N=C\c2ccc(Br)cc2)cc1. The van der Waals surface area contributed by atoms with Crippen molar-refractivity contribution in [3.05, 3.63) is 58.6 Å². The zero-order chi connectivity index (χ0) is 17.4. The van der Waals surface area contributed by atoms with Crippen LogP contribution < -0.4 is 15.5 Å². The molecule has 0 aliphatic rings. The van der Waals surface area contributed by atoms with Gasteiger partial charge in [-0.2, -0.15) is 5.10 Å². The van der Waals surface area contributed by atoms with Crippen molar-refractivity contribution < 1.29 is 9.53 Å². The third-order valence-corrected chi connectivity index (χ3v) is 3.73. The van der Waals surface area contributed by atoms with Crippen LogP contribution in [0.3, 0.4) is 0 Å². The minimum Gasteiger partial charge on any atom is -0.494 e. The second kappa shape index (κ2) is 9.08. The van der Waals surface area contributed by atoms with Gasteiger partial charge in [-0.1, -0.05) is 28.1 Å². The Labute approximate surface area is 150 Å². The lowest BCUT2D eigenvalue weighted by atomic mass is 10.2. The van der Waals surface area contributed by atoms with Gasteiger partial charge in [0.25, 0.3) is 5.91 Å². The Morgan fingerprint density at radius 2 is 1.88 bits per heavy atom. The summed E-state index contributed by atoms with van der Waals surface area (Å²) in [5.41, 5.74) is 4.28. The van der Waals surface area contributed by atoms with Crippen LogP contribution in [0.4, 0.5) is 5.69 Å². The van der Waals surface area contributed by atoms with Crippen molar-refractivity contribution in [1.29, 1.82) is 0 Å². The number of nitrogens with one attached hydrogen (secondary N) is 2. The molecular weight excluding hydrogens is 370 g/mol. The Balaban J connectivity index is 1.84. The molecule has 0 aliphatic heterocycles. The van der Waals surface area contributed by atoms with Crippen molar-refractivity contribution in [3.8, 4) is 5.75 Å². The second-order valence-corrected chi connectivity index (χ2v) is 6.02. The molecule has 0 radical (unpaired) electrons. The zero-order valence-electron chi connectivity index (χ0n) is 13.6. The van der Waals surface area contributed by atoms with Gasteiger partial charge in [0.2, 0.25) is 0 Å². The molecule has 1 atom stereocenters. The lowest BCUT2D eigenvalue weighted by Crippen LogP contribution is -2.34. The van der Waals surface area contributed by atoms with Crippen LogP contribution in [0, 0.1) is 0 Å². The highest BCUT2D eigenvalue weighted by molar-refractivity contribution is 9.10. The van der Waals surface area contributed by atoms with Crippen LogP contribution in [0.25, 0.3) is 0 Å². The Kier molecular flexibility index (Phi) is 6.81. The average molecular weight is 390 g/mol. The fourth-order valence-electron chi connectivity index (χ4n) is 1.95. The molecule has 126 valence electrons. The maximum absolute atomic E-state index is 12.0. The summed E-state index contributed by atoms with van der Waals surface area (Å²) < 4.78 is 6.38. The molecule has 0 aliphatic carbocycles. The van der Waals surface area contributed by atoms with E-state index in [0.717, 1.165) is 21.5 Å². The van der Waals surface area contributed by atoms with E-state index in [1.54, 1.807) is 13.1 Å². The predicted molar refractivity (Wildman–Crippen MR) is 101 cm³/mol. The number of nitrogens with zero attached hydrogens (tertiary/aromatic N) is 1. The smallest absolute Gasteiger partial charge is 0.262 e. The minimum absolute atomic E-state index is 0.211. The van der Waals surface area contributed by atoms with Crippen molar-refractivity contribution in [2.24, 2.45) is 5.10 Å². The van der Waals surface area contributed by atoms with Crippen LogP contribution in [0.15, 0.2) is 58.1 Å². The summed E-state index contributed by atoms with van der Waals surface area (Å²) in [5, 5.41) is 7.09. The summed E-state index contributed by atoms with van der Waals surface area (Å²) in [6.07, 6.45) is 1.61. The number of carbonyl (C=O) groups excluding carboxylic acids is 1. The van der Waals surface area contributed by atoms with Gasteiger partial charge in [0.1, 0.15) is 11.8 Å². The summed E-state index contributed by atoms with van der Waals surface area (Å²) in [4.78, 5) is 12.0. The van der Waals surface area contributed by atoms with Crippen molar-refractivity contribution in [2.45, 2.75) is 19.9 Å². The van der Waals surface area contributed by atoms with Crippen LogP contribution in [-0.4, -0.2) is 24.8 Å². The number of hydrazone groups is 1. The maximum Gasteiger partial charge on any atom is 0.262 e. The molecule has 2 rings (SSSR count). The quantitative estimate of drug-likeness (QED) is 0.559. The molecule has 1 amide bonds. The molecule has 2 aromatic carbocycles. The van der Waals surface area contributed by atoms with E-state index >= 15 is 0 Å². The normalized spacial score (nSPS) is 12.0. The molecule has 6 heteroatoms. The van der Waals surface area contributed by atoms with E-state index in [9.17, 15) is 4.79 Å². The van der Waals surface area contributed by atoms with Crippen LogP contribution >= 0.6 is 15.9 Å². The van der Waals surface area contributed by atoms with Gasteiger partial charge in [-0.3, -0.25) is 4.79 Å². The monoisotopic (exact) mass is 389 g/mol. The van der Waals surface area contributed by atoms with Crippen molar-refractivity contribution in [1.82, 2.24) is 5.43 Å². The first kappa shape index (κ1) is 18.0. The topological polar surface area (TPSA) is 62.7 Å². The lowest BCUT2D eigenvalue weighted by molar-refractivity contribution is -0.121. The molecule has 0 saturated carbocycles. The Morgan fingerprint density at radius 3 is 2.50 bits per heavy atom. The van der Waals surface area contributed by atoms with E-state index in [0.29, 0.717) is 6.61 Å². The second-order valence-electron chi connectivity index (χ2n) is 5.11. The number of halogens is 1. The summed E-state index contributed by atoms with van der Waals surface area (Å²) in [6, 6.07) is 14.7. The molecule has 0 bridgehead atoms. The van der Waals surface area contributed by atoms with Gasteiger partial charge < -0.3 is 10.1 Å². The number of hydrogen-bond acceptors (Lipinski definition) is 4. The summed E-state index contributed by atoms with van der Waals surface area (Å²) >= 11 is 3.37. The van der Waals surface area contributed by atoms with Crippen LogP contribution in [0.1, 0.15) is 19.4 Å². The predicted octanol–water partition coefficient (Wildman–Crippen LogP) is 3.80. The molecule has 0 aromatic heterocycles. The van der Waals surface area contributed by atoms with E-state index in [1.165, 1.54) is 0 Å². The molecule has 2 aromatic rings. The van der Waals surface area contributed by atoms with Crippen LogP contribution in [-0.2, 0) is 4.79 Å². The number of hydrogen-bond donors (Lipinski definition) is 2. The minimum atomic E-state index is -0.412. The molecule has 5 nitrogen and oxygen atoms in total. The van der Waals surface area contributed by atoms with Gasteiger partial charge in [-0.25, -0.2) is 5.43 Å². The third-order valence-electron chi connectivity index (χ3n) is 3.20. The number of ether oxygens (including phenoxy) is 1. The molecule has 24 heavy (non-hydrogen) atoms. The highest BCUT2D eigenvalue weighted by Gasteiger charge is 2.11. The molecule has 0 spiro atoms. The van der Waals surface area contributed by atoms with Gasteiger partial charge in [0.15, 0.2) is 0 Å². The molecule has 0 heterocycles. The van der Waals surface area contributed by atoms with E-state index < -0.39 is 6.04 Å². The van der Waals surface area contributed by atoms with Gasteiger partial charge in [-0.15, -0.1) is 0 Å². The fraction of sp³-hybridized carbons (Fsp3) is 0.222. The Hall–Kier alpha value is -2.34. The molecule has 0 fully saturated rings. The summed E-state index contributed by atoms with van der Waals surface area (Å²) in [6.45, 7) is 4.34. The standard InChI is InChI=1S/C18H20BrN3O2/c1-3-24-17-10-8-16(9-11-17)21-13(2)18(23)22-20-12-14-4-6-15(19)7-5-14/h4-13,21H,3H2,1-2H3,(H,22,23)/b20-12-/t13-/m1/s1. The van der Waals surface area contributed by atoms with Gasteiger partial charge >= 0.3 is 0 Å². The van der Waals surface area contributed by atoms with Crippen LogP contribution in [0.2, 0.25) is 0 Å². The molecule has 2 N–H and O–H groups in total. The molecule has 0 unspecified atom stereocenters. The number of amides is 1. The number of benzene rings is 2. The largest absolute Gasteiger partial charge is 0.494 e. The molecular formula is C18H20BrN3O2. The van der Waals surface area contributed by atoms with E-state index in [-0.39, 0.29) is 5.91 Å². The van der Waals surface area contributed by atoms with Gasteiger partial charge in [0, 0.05) is 10.2 Å². The van der Waals surface area contributed by atoms with Crippen molar-refractivity contribution in [3.63, 3.8) is 0 Å². The Bertz CT molecular complexity index is 684. The van der Waals surface area contributed by atoms with Gasteiger partial charge in [-0.05, 0) is 55.8 Å². The lowest BCUT2D eigenvalue weighted by Gasteiger charge is -2.13. The first-order valence-electron chi connectivity index (χ1n) is 7.66. The number of rotatable bonds is 7. The Morgan fingerprint density at radius 1 is 1.21 bits per heavy atom. The molecule has 0 saturated heterocycles. The van der Waals surface area contributed by atoms with E-state index in [1.807, 2.05) is 55.5 Å². The number of carbonyl (C=O) groups is 1. The average Bonchev–Trinajstić information content (AvgIpc) is 2.58. The highest BCUT2D eigenvalue weighted by atomic mass is 79.9. The van der Waals surface area contributed by atoms with E-state index in [2.05, 4.69) is 31.8 Å². The third kappa shape index (κ3) is 5.70. The maximum atomic E-state index is 12.0. The van der Waals surface area contributed by atoms with E-state index in [4.69, 9.17) is 4.74 Å². The highest BCUT2D eigenvalue weighted by Crippen LogP contribution is 2.16.